The van der Waals surface area contributed by atoms with Gasteiger partial charge in [0.05, 0.1) is 6.04 Å². The van der Waals surface area contributed by atoms with E-state index in [1.54, 1.807) is 19.2 Å². The van der Waals surface area contributed by atoms with Gasteiger partial charge in [-0.3, -0.25) is 0 Å². The third-order valence-corrected chi connectivity index (χ3v) is 2.74. The summed E-state index contributed by atoms with van der Waals surface area (Å²) in [6.07, 6.45) is 4.25. The lowest BCUT2D eigenvalue weighted by Gasteiger charge is -2.25. The van der Waals surface area contributed by atoms with Gasteiger partial charge >= 0.3 is 6.09 Å². The third-order valence-electron chi connectivity index (χ3n) is 2.74. The van der Waals surface area contributed by atoms with Gasteiger partial charge in [0, 0.05) is 6.20 Å². The summed E-state index contributed by atoms with van der Waals surface area (Å²) in [5.41, 5.74) is 5.54. The van der Waals surface area contributed by atoms with Crippen LogP contribution in [0, 0.1) is 0 Å². The van der Waals surface area contributed by atoms with Crippen LogP contribution < -0.4 is 11.1 Å². The summed E-state index contributed by atoms with van der Waals surface area (Å²) in [6.45, 7) is 1.79. The molecule has 3 N–H and O–H groups in total. The second kappa shape index (κ2) is 4.99. The number of hydrogen-bond acceptors (Lipinski definition) is 5. The van der Waals surface area contributed by atoms with E-state index in [0.717, 1.165) is 19.3 Å². The van der Waals surface area contributed by atoms with Gasteiger partial charge in [0.15, 0.2) is 5.82 Å². The molecule has 1 fully saturated rings. The first-order valence-electron chi connectivity index (χ1n) is 5.70. The first kappa shape index (κ1) is 11.6. The van der Waals surface area contributed by atoms with Gasteiger partial charge in [-0.15, -0.1) is 0 Å². The molecule has 0 spiro atoms. The number of nitrogens with two attached hydrogens (primary N) is 1. The minimum atomic E-state index is -0.423. The van der Waals surface area contributed by atoms with Gasteiger partial charge in [0.2, 0.25) is 0 Å². The lowest BCUT2D eigenvalue weighted by molar-refractivity contribution is 0.0506. The summed E-state index contributed by atoms with van der Waals surface area (Å²) < 4.78 is 5.17. The molecule has 1 aromatic rings. The first-order chi connectivity index (χ1) is 8.15. The summed E-state index contributed by atoms with van der Waals surface area (Å²) in [5.74, 6) is 0.867. The van der Waals surface area contributed by atoms with Crippen molar-refractivity contribution >= 4 is 11.9 Å². The van der Waals surface area contributed by atoms with E-state index < -0.39 is 6.09 Å². The smallest absolute Gasteiger partial charge is 0.407 e. The highest BCUT2D eigenvalue weighted by atomic mass is 16.6. The predicted molar refractivity (Wildman–Crippen MR) is 62.1 cm³/mol. The van der Waals surface area contributed by atoms with Gasteiger partial charge in [-0.1, -0.05) is 0 Å². The van der Waals surface area contributed by atoms with Crippen LogP contribution in [0.3, 0.4) is 0 Å². The molecule has 0 aromatic carbocycles. The van der Waals surface area contributed by atoms with Crippen LogP contribution in [0.4, 0.5) is 10.6 Å². The Hall–Kier alpha value is -1.85. The van der Waals surface area contributed by atoms with Crippen LogP contribution in [0.2, 0.25) is 0 Å². The maximum Gasteiger partial charge on any atom is 0.407 e. The van der Waals surface area contributed by atoms with Crippen molar-refractivity contribution in [3.8, 4) is 0 Å². The average molecular weight is 236 g/mol. The zero-order chi connectivity index (χ0) is 12.3. The summed E-state index contributed by atoms with van der Waals surface area (Å²) in [4.78, 5) is 19.6. The van der Waals surface area contributed by atoms with Crippen LogP contribution in [-0.4, -0.2) is 22.2 Å². The first-order valence-corrected chi connectivity index (χ1v) is 5.70. The Bertz CT molecular complexity index is 406. The van der Waals surface area contributed by atoms with Gasteiger partial charge in [0.1, 0.15) is 11.9 Å². The van der Waals surface area contributed by atoms with E-state index in [0.29, 0.717) is 11.6 Å². The molecular weight excluding hydrogens is 220 g/mol. The molecule has 0 saturated heterocycles. The number of ether oxygens (including phenoxy) is 1. The molecule has 6 heteroatoms. The minimum Gasteiger partial charge on any atom is -0.446 e. The van der Waals surface area contributed by atoms with Crippen molar-refractivity contribution in [2.75, 3.05) is 5.73 Å². The number of hydrogen-bond donors (Lipinski definition) is 2. The highest BCUT2D eigenvalue weighted by Gasteiger charge is 2.22. The van der Waals surface area contributed by atoms with Gasteiger partial charge in [-0.25, -0.2) is 14.8 Å². The molecule has 1 aliphatic rings. The standard InChI is InChI=1S/C11H16N4O2/c1-7(10-13-6-5-9(12)15-10)14-11(16)17-8-3-2-4-8/h5-8H,2-4H2,1H3,(H,14,16)(H2,12,13,15)/t7-/m1/s1. The molecule has 0 bridgehead atoms. The second-order valence-corrected chi connectivity index (χ2v) is 4.16. The van der Waals surface area contributed by atoms with Crippen molar-refractivity contribution in [3.05, 3.63) is 18.1 Å². The van der Waals surface area contributed by atoms with E-state index >= 15 is 0 Å². The van der Waals surface area contributed by atoms with Crippen molar-refractivity contribution < 1.29 is 9.53 Å². The van der Waals surface area contributed by atoms with Crippen molar-refractivity contribution in [1.29, 1.82) is 0 Å². The Balaban J connectivity index is 1.87. The molecule has 1 atom stereocenters. The lowest BCUT2D eigenvalue weighted by atomic mass is 9.96. The van der Waals surface area contributed by atoms with E-state index in [1.807, 2.05) is 0 Å². The fourth-order valence-electron chi connectivity index (χ4n) is 1.51. The summed E-state index contributed by atoms with van der Waals surface area (Å²) in [5, 5.41) is 2.68. The van der Waals surface area contributed by atoms with Crippen LogP contribution in [0.25, 0.3) is 0 Å². The van der Waals surface area contributed by atoms with Gasteiger partial charge in [0.25, 0.3) is 0 Å². The number of rotatable bonds is 3. The predicted octanol–water partition coefficient (Wildman–Crippen LogP) is 1.40. The summed E-state index contributed by atoms with van der Waals surface area (Å²) in [6, 6.07) is 1.29. The second-order valence-electron chi connectivity index (χ2n) is 4.16. The molecule has 6 nitrogen and oxygen atoms in total. The molecule has 0 aliphatic heterocycles. The van der Waals surface area contributed by atoms with E-state index in [1.165, 1.54) is 0 Å². The molecule has 0 unspecified atom stereocenters. The van der Waals surface area contributed by atoms with Crippen LogP contribution >= 0.6 is 0 Å². The molecule has 1 saturated carbocycles. The number of aromatic nitrogens is 2. The quantitative estimate of drug-likeness (QED) is 0.827. The molecule has 2 rings (SSSR count). The molecule has 1 heterocycles. The third kappa shape index (κ3) is 3.05. The van der Waals surface area contributed by atoms with E-state index in [9.17, 15) is 4.79 Å². The Morgan fingerprint density at radius 1 is 1.65 bits per heavy atom. The highest BCUT2D eigenvalue weighted by Crippen LogP contribution is 2.22. The topological polar surface area (TPSA) is 90.1 Å². The van der Waals surface area contributed by atoms with E-state index in [-0.39, 0.29) is 12.1 Å². The maximum atomic E-state index is 11.5. The van der Waals surface area contributed by atoms with E-state index in [2.05, 4.69) is 15.3 Å². The fraction of sp³-hybridized carbons (Fsp3) is 0.545. The van der Waals surface area contributed by atoms with Crippen molar-refractivity contribution in [2.24, 2.45) is 0 Å². The number of nitrogens with zero attached hydrogens (tertiary/aromatic N) is 2. The molecule has 17 heavy (non-hydrogen) atoms. The van der Waals surface area contributed by atoms with Gasteiger partial charge < -0.3 is 15.8 Å². The van der Waals surface area contributed by atoms with Gasteiger partial charge in [-0.2, -0.15) is 0 Å². The number of anilines is 1. The molecule has 1 aliphatic carbocycles. The van der Waals surface area contributed by atoms with Crippen LogP contribution in [-0.2, 0) is 4.74 Å². The molecular formula is C11H16N4O2. The number of amides is 1. The van der Waals surface area contributed by atoms with Crippen molar-refractivity contribution in [1.82, 2.24) is 15.3 Å². The SMILES string of the molecule is C[C@@H](NC(=O)OC1CCC1)c1nccc(N)n1. The van der Waals surface area contributed by atoms with Gasteiger partial charge in [-0.05, 0) is 32.3 Å². The normalized spacial score (nSPS) is 17.0. The molecule has 92 valence electrons. The molecule has 1 aromatic heterocycles. The Kier molecular flexibility index (Phi) is 3.41. The molecule has 0 radical (unpaired) electrons. The van der Waals surface area contributed by atoms with Crippen LogP contribution in [0.1, 0.15) is 38.1 Å². The number of alkyl carbamates (subject to hydrolysis) is 1. The van der Waals surface area contributed by atoms with Crippen LogP contribution in [0.15, 0.2) is 12.3 Å². The van der Waals surface area contributed by atoms with Crippen LogP contribution in [0.5, 0.6) is 0 Å². The number of carbonyl (C=O) groups excluding carboxylic acids is 1. The zero-order valence-electron chi connectivity index (χ0n) is 9.72. The summed E-state index contributed by atoms with van der Waals surface area (Å²) >= 11 is 0. The summed E-state index contributed by atoms with van der Waals surface area (Å²) in [7, 11) is 0. The largest absolute Gasteiger partial charge is 0.446 e. The maximum absolute atomic E-state index is 11.5. The fourth-order valence-corrected chi connectivity index (χ4v) is 1.51. The number of nitrogens with one attached hydrogen (secondary N) is 1. The monoisotopic (exact) mass is 236 g/mol. The molecule has 1 amide bonds. The van der Waals surface area contributed by atoms with E-state index in [4.69, 9.17) is 10.5 Å². The van der Waals surface area contributed by atoms with Crippen molar-refractivity contribution in [2.45, 2.75) is 38.3 Å². The lowest BCUT2D eigenvalue weighted by Crippen LogP contribution is -2.34. The number of carbonyl (C=O) groups is 1. The highest BCUT2D eigenvalue weighted by molar-refractivity contribution is 5.68. The average Bonchev–Trinajstić information content (AvgIpc) is 2.23. The Morgan fingerprint density at radius 2 is 2.41 bits per heavy atom. The number of nitrogen functional groups attached to an aromatic ring is 1. The Morgan fingerprint density at radius 3 is 3.00 bits per heavy atom. The Labute approximate surface area is 99.6 Å². The minimum absolute atomic E-state index is 0.0731. The zero-order valence-corrected chi connectivity index (χ0v) is 9.72. The van der Waals surface area contributed by atoms with Crippen molar-refractivity contribution in [3.63, 3.8) is 0 Å².